The van der Waals surface area contributed by atoms with Crippen molar-refractivity contribution < 1.29 is 19.0 Å². The fourth-order valence-electron chi connectivity index (χ4n) is 2.22. The molecule has 1 atom stereocenters. The highest BCUT2D eigenvalue weighted by Crippen LogP contribution is 2.22. The summed E-state index contributed by atoms with van der Waals surface area (Å²) in [6, 6.07) is 7.55. The molecule has 2 aromatic heterocycles. The van der Waals surface area contributed by atoms with Gasteiger partial charge in [0.25, 0.3) is 0 Å². The molecule has 0 aliphatic carbocycles. The van der Waals surface area contributed by atoms with Gasteiger partial charge in [0, 0.05) is 6.07 Å². The first-order valence-corrected chi connectivity index (χ1v) is 6.30. The van der Waals surface area contributed by atoms with E-state index in [0.717, 1.165) is 0 Å². The van der Waals surface area contributed by atoms with Crippen LogP contribution < -0.4 is 10.2 Å². The highest BCUT2D eigenvalue weighted by atomic mass is 16.5. The third kappa shape index (κ3) is 2.01. The first kappa shape index (κ1) is 13.1. The van der Waals surface area contributed by atoms with Gasteiger partial charge in [0.2, 0.25) is 5.43 Å². The van der Waals surface area contributed by atoms with Crippen LogP contribution in [0.1, 0.15) is 18.4 Å². The summed E-state index contributed by atoms with van der Waals surface area (Å²) in [4.78, 5) is 23.5. The van der Waals surface area contributed by atoms with Crippen molar-refractivity contribution in [1.82, 2.24) is 0 Å². The van der Waals surface area contributed by atoms with Gasteiger partial charge >= 0.3 is 11.7 Å². The molecule has 3 rings (SSSR count). The molecule has 21 heavy (non-hydrogen) atoms. The Hall–Kier alpha value is -2.89. The van der Waals surface area contributed by atoms with Gasteiger partial charge in [-0.2, -0.15) is 0 Å². The van der Waals surface area contributed by atoms with E-state index in [-0.39, 0.29) is 27.5 Å². The van der Waals surface area contributed by atoms with Gasteiger partial charge in [0.15, 0.2) is 6.20 Å². The number of benzene rings is 1. The molecule has 0 fully saturated rings. The Kier molecular flexibility index (Phi) is 2.86. The van der Waals surface area contributed by atoms with Crippen molar-refractivity contribution in [2.75, 3.05) is 0 Å². The number of aliphatic carboxylic acids is 1. The van der Waals surface area contributed by atoms with Gasteiger partial charge in [-0.3, -0.25) is 9.59 Å². The Morgan fingerprint density at radius 2 is 2.10 bits per heavy atom. The van der Waals surface area contributed by atoms with Crippen LogP contribution in [0.3, 0.4) is 0 Å². The van der Waals surface area contributed by atoms with E-state index in [1.807, 2.05) is 0 Å². The quantitative estimate of drug-likeness (QED) is 0.440. The predicted octanol–water partition coefficient (Wildman–Crippen LogP) is 1.77. The molecule has 0 saturated carbocycles. The molecule has 2 heterocycles. The number of carbonyl (C=O) groups is 1. The maximum absolute atomic E-state index is 12.4. The van der Waals surface area contributed by atoms with Gasteiger partial charge < -0.3 is 14.7 Å². The van der Waals surface area contributed by atoms with Crippen LogP contribution in [-0.4, -0.2) is 11.1 Å². The summed E-state index contributed by atoms with van der Waals surface area (Å²) in [6.45, 7) is 1.54. The smallest absolute Gasteiger partial charge is 0.396 e. The summed E-state index contributed by atoms with van der Waals surface area (Å²) in [6.07, 6.45) is 1.25. The fourth-order valence-corrected chi connectivity index (χ4v) is 2.22. The van der Waals surface area contributed by atoms with Gasteiger partial charge in [-0.1, -0.05) is 6.07 Å². The minimum Gasteiger partial charge on any atom is -0.616 e. The normalized spacial score (nSPS) is 12.6. The van der Waals surface area contributed by atoms with Crippen molar-refractivity contribution in [3.63, 3.8) is 0 Å². The summed E-state index contributed by atoms with van der Waals surface area (Å²) in [5.41, 5.74) is 0.349. The number of fused-ring (bicyclic) bond motifs is 2. The molecule has 0 spiro atoms. The second-order valence-electron chi connectivity index (χ2n) is 4.80. The van der Waals surface area contributed by atoms with Crippen LogP contribution in [-0.2, 0) is 4.79 Å². The Balaban J connectivity index is 2.37. The maximum Gasteiger partial charge on any atom is 0.396 e. The number of aromatic nitrogens is 1. The van der Waals surface area contributed by atoms with Crippen LogP contribution in [0.25, 0.3) is 22.1 Å². The molecule has 0 bridgehead atoms. The number of carboxylic acids is 1. The number of pyridine rings is 1. The minimum absolute atomic E-state index is 0.0611. The molecule has 106 valence electrons. The molecule has 1 unspecified atom stereocenters. The second kappa shape index (κ2) is 4.59. The van der Waals surface area contributed by atoms with E-state index in [9.17, 15) is 14.8 Å². The fraction of sp³-hybridized carbons (Fsp3) is 0.133. The maximum atomic E-state index is 12.4. The Bertz CT molecular complexity index is 928. The van der Waals surface area contributed by atoms with E-state index in [0.29, 0.717) is 10.3 Å². The predicted molar refractivity (Wildman–Crippen MR) is 75.0 cm³/mol. The molecule has 1 N–H and O–H groups in total. The van der Waals surface area contributed by atoms with E-state index in [1.54, 1.807) is 6.07 Å². The molecule has 0 aliphatic heterocycles. The van der Waals surface area contributed by atoms with E-state index in [4.69, 9.17) is 9.52 Å². The summed E-state index contributed by atoms with van der Waals surface area (Å²) in [7, 11) is 0. The van der Waals surface area contributed by atoms with E-state index in [2.05, 4.69) is 0 Å². The van der Waals surface area contributed by atoms with Crippen molar-refractivity contribution in [2.24, 2.45) is 0 Å². The zero-order chi connectivity index (χ0) is 15.1. The lowest BCUT2D eigenvalue weighted by Crippen LogP contribution is -2.27. The lowest BCUT2D eigenvalue weighted by molar-refractivity contribution is -0.584. The van der Waals surface area contributed by atoms with Gasteiger partial charge in [-0.15, -0.1) is 4.73 Å². The van der Waals surface area contributed by atoms with E-state index >= 15 is 0 Å². The molecule has 6 heteroatoms. The van der Waals surface area contributed by atoms with Crippen molar-refractivity contribution in [3.8, 4) is 0 Å². The van der Waals surface area contributed by atoms with Crippen LogP contribution >= 0.6 is 0 Å². The highest BCUT2D eigenvalue weighted by Gasteiger charge is 2.18. The lowest BCUT2D eigenvalue weighted by Gasteiger charge is -2.07. The monoisotopic (exact) mass is 285 g/mol. The van der Waals surface area contributed by atoms with Crippen LogP contribution in [0, 0.1) is 5.21 Å². The standard InChI is InChI=1S/C15H11NO5/c1-8(15(18)19)9-4-5-12-11(7-9)13(17)10-3-2-6-16(20)14(10)21-12/h2-8H,1H3,(H,18,19). The van der Waals surface area contributed by atoms with Crippen molar-refractivity contribution in [3.05, 3.63) is 57.5 Å². The topological polar surface area (TPSA) is 94.4 Å². The zero-order valence-corrected chi connectivity index (χ0v) is 11.1. The zero-order valence-electron chi connectivity index (χ0n) is 11.1. The van der Waals surface area contributed by atoms with Crippen molar-refractivity contribution >= 4 is 28.0 Å². The van der Waals surface area contributed by atoms with Crippen molar-refractivity contribution in [1.29, 1.82) is 0 Å². The van der Waals surface area contributed by atoms with Crippen LogP contribution in [0.2, 0.25) is 0 Å². The molecule has 3 aromatic rings. The molecule has 0 amide bonds. The van der Waals surface area contributed by atoms with Gasteiger partial charge in [-0.25, -0.2) is 0 Å². The molecule has 0 aliphatic rings. The molecular weight excluding hydrogens is 274 g/mol. The first-order chi connectivity index (χ1) is 9.99. The number of carboxylic acid groups (broad SMARTS) is 1. The third-order valence-electron chi connectivity index (χ3n) is 3.48. The summed E-state index contributed by atoms with van der Waals surface area (Å²) < 4.78 is 5.95. The highest BCUT2D eigenvalue weighted by molar-refractivity contribution is 5.88. The number of hydrogen-bond donors (Lipinski definition) is 1. The molecule has 0 saturated heterocycles. The largest absolute Gasteiger partial charge is 0.616 e. The average Bonchev–Trinajstić information content (AvgIpc) is 2.47. The van der Waals surface area contributed by atoms with Gasteiger partial charge in [0.05, 0.1) is 11.3 Å². The summed E-state index contributed by atoms with van der Waals surface area (Å²) in [5.74, 6) is -1.71. The van der Waals surface area contributed by atoms with Gasteiger partial charge in [0.1, 0.15) is 11.0 Å². The minimum atomic E-state index is -0.975. The molecule has 1 aromatic carbocycles. The van der Waals surface area contributed by atoms with Crippen LogP contribution in [0.4, 0.5) is 0 Å². The Labute approximate surface area is 118 Å². The Morgan fingerprint density at radius 1 is 1.33 bits per heavy atom. The molecule has 6 nitrogen and oxygen atoms in total. The van der Waals surface area contributed by atoms with E-state index in [1.165, 1.54) is 37.4 Å². The third-order valence-corrected chi connectivity index (χ3v) is 3.48. The molecule has 0 radical (unpaired) electrons. The first-order valence-electron chi connectivity index (χ1n) is 6.30. The van der Waals surface area contributed by atoms with Crippen molar-refractivity contribution in [2.45, 2.75) is 12.8 Å². The number of hydrogen-bond acceptors (Lipinski definition) is 4. The molecular formula is C15H11NO5. The van der Waals surface area contributed by atoms with E-state index < -0.39 is 11.9 Å². The summed E-state index contributed by atoms with van der Waals surface area (Å²) in [5, 5.41) is 21.1. The van der Waals surface area contributed by atoms with Crippen LogP contribution in [0.5, 0.6) is 0 Å². The lowest BCUT2D eigenvalue weighted by atomic mass is 9.99. The Morgan fingerprint density at radius 3 is 2.81 bits per heavy atom. The second-order valence-corrected chi connectivity index (χ2v) is 4.80. The average molecular weight is 285 g/mol. The SMILES string of the molecule is CC(C(=O)O)c1ccc2oc3c(ccc[n+]3[O-])c(=O)c2c1. The van der Waals surface area contributed by atoms with Gasteiger partial charge in [-0.05, 0) is 30.7 Å². The van der Waals surface area contributed by atoms with Crippen LogP contribution in [0.15, 0.2) is 45.7 Å². The number of rotatable bonds is 2. The number of nitrogens with zero attached hydrogens (tertiary/aromatic N) is 1. The summed E-state index contributed by atoms with van der Waals surface area (Å²) >= 11 is 0.